The zero-order valence-corrected chi connectivity index (χ0v) is 11.3. The summed E-state index contributed by atoms with van der Waals surface area (Å²) in [5.41, 5.74) is 0.381. The summed E-state index contributed by atoms with van der Waals surface area (Å²) < 4.78 is 13.4. The highest BCUT2D eigenvalue weighted by Crippen LogP contribution is 2.11. The van der Waals surface area contributed by atoms with Gasteiger partial charge < -0.3 is 10.4 Å². The smallest absolute Gasteiger partial charge is 0.224 e. The summed E-state index contributed by atoms with van der Waals surface area (Å²) in [6.07, 6.45) is 1.89. The minimum atomic E-state index is -0.371. The van der Waals surface area contributed by atoms with E-state index in [4.69, 9.17) is 5.11 Å². The summed E-state index contributed by atoms with van der Waals surface area (Å²) in [7, 11) is 0. The fourth-order valence-electron chi connectivity index (χ4n) is 1.65. The molecule has 1 aromatic carbocycles. The minimum absolute atomic E-state index is 0.00229. The Kier molecular flexibility index (Phi) is 6.15. The van der Waals surface area contributed by atoms with Crippen LogP contribution >= 0.6 is 11.8 Å². The Morgan fingerprint density at radius 2 is 2.17 bits per heavy atom. The fourth-order valence-corrected chi connectivity index (χ4v) is 2.27. The number of aliphatic hydroxyl groups excluding tert-OH is 1. The van der Waals surface area contributed by atoms with Crippen molar-refractivity contribution in [3.63, 3.8) is 0 Å². The van der Waals surface area contributed by atoms with E-state index in [1.807, 2.05) is 13.2 Å². The third-order valence-corrected chi connectivity index (χ3v) is 3.90. The number of rotatable bonds is 6. The predicted molar refractivity (Wildman–Crippen MR) is 72.1 cm³/mol. The molecule has 1 aromatic rings. The van der Waals surface area contributed by atoms with E-state index in [1.54, 1.807) is 18.2 Å². The monoisotopic (exact) mass is 271 g/mol. The molecule has 0 aliphatic carbocycles. The topological polar surface area (TPSA) is 49.3 Å². The second-order valence-electron chi connectivity index (χ2n) is 4.08. The second-order valence-corrected chi connectivity index (χ2v) is 5.16. The van der Waals surface area contributed by atoms with Crippen LogP contribution in [0, 0.1) is 5.82 Å². The van der Waals surface area contributed by atoms with Gasteiger partial charge in [-0.1, -0.05) is 18.2 Å². The Hall–Kier alpha value is -1.07. The average molecular weight is 271 g/mol. The molecule has 0 aromatic heterocycles. The Balaban J connectivity index is 2.54. The number of hydrogen-bond donors (Lipinski definition) is 2. The van der Waals surface area contributed by atoms with E-state index in [2.05, 4.69) is 5.32 Å². The van der Waals surface area contributed by atoms with Crippen LogP contribution < -0.4 is 5.32 Å². The van der Waals surface area contributed by atoms with Gasteiger partial charge in [-0.15, -0.1) is 0 Å². The molecular formula is C13H18FNO2S. The number of amides is 1. The van der Waals surface area contributed by atoms with Crippen LogP contribution in [0.1, 0.15) is 12.5 Å². The average Bonchev–Trinajstić information content (AvgIpc) is 2.33. The van der Waals surface area contributed by atoms with Crippen LogP contribution in [0.25, 0.3) is 0 Å². The van der Waals surface area contributed by atoms with Crippen LogP contribution in [0.15, 0.2) is 24.3 Å². The summed E-state index contributed by atoms with van der Waals surface area (Å²) in [4.78, 5) is 11.7. The van der Waals surface area contributed by atoms with Gasteiger partial charge in [0.05, 0.1) is 13.0 Å². The molecule has 2 N–H and O–H groups in total. The quantitative estimate of drug-likeness (QED) is 0.826. The number of carbonyl (C=O) groups is 1. The Labute approximate surface area is 111 Å². The van der Waals surface area contributed by atoms with Gasteiger partial charge in [0.25, 0.3) is 0 Å². The molecular weight excluding hydrogens is 253 g/mol. The van der Waals surface area contributed by atoms with Crippen LogP contribution in [-0.4, -0.2) is 35.2 Å². The Morgan fingerprint density at radius 1 is 1.50 bits per heavy atom. The van der Waals surface area contributed by atoms with Gasteiger partial charge in [0.15, 0.2) is 0 Å². The van der Waals surface area contributed by atoms with Gasteiger partial charge in [0, 0.05) is 11.3 Å². The van der Waals surface area contributed by atoms with Crippen molar-refractivity contribution in [3.05, 3.63) is 35.6 Å². The van der Waals surface area contributed by atoms with E-state index < -0.39 is 0 Å². The molecule has 2 atom stereocenters. The molecule has 0 fully saturated rings. The lowest BCUT2D eigenvalue weighted by Crippen LogP contribution is -2.41. The van der Waals surface area contributed by atoms with Gasteiger partial charge in [-0.2, -0.15) is 11.8 Å². The van der Waals surface area contributed by atoms with E-state index >= 15 is 0 Å². The predicted octanol–water partition coefficient (Wildman–Crippen LogP) is 1.60. The highest BCUT2D eigenvalue weighted by molar-refractivity contribution is 7.99. The third kappa shape index (κ3) is 4.31. The van der Waals surface area contributed by atoms with E-state index in [0.29, 0.717) is 5.56 Å². The number of thioether (sulfide) groups is 1. The zero-order valence-electron chi connectivity index (χ0n) is 10.5. The van der Waals surface area contributed by atoms with Crippen LogP contribution in [0.5, 0.6) is 0 Å². The summed E-state index contributed by atoms with van der Waals surface area (Å²) in [5.74, 6) is -0.607. The number of nitrogens with one attached hydrogen (secondary N) is 1. The lowest BCUT2D eigenvalue weighted by Gasteiger charge is -2.21. The molecule has 1 rings (SSSR count). The normalized spacial score (nSPS) is 14.0. The molecule has 1 amide bonds. The SMILES string of the molecule is CSC(CO)C(C)NC(=O)Cc1ccccc1F. The summed E-state index contributed by atoms with van der Waals surface area (Å²) in [6, 6.07) is 6.08. The first-order valence-electron chi connectivity index (χ1n) is 5.75. The van der Waals surface area contributed by atoms with E-state index in [-0.39, 0.29) is 36.0 Å². The van der Waals surface area contributed by atoms with Crippen molar-refractivity contribution in [1.29, 1.82) is 0 Å². The van der Waals surface area contributed by atoms with Gasteiger partial charge in [-0.05, 0) is 24.8 Å². The molecule has 0 bridgehead atoms. The summed E-state index contributed by atoms with van der Waals surface area (Å²) >= 11 is 1.49. The molecule has 0 saturated heterocycles. The number of halogens is 1. The maximum atomic E-state index is 13.4. The lowest BCUT2D eigenvalue weighted by atomic mass is 10.1. The van der Waals surface area contributed by atoms with Crippen LogP contribution in [0.2, 0.25) is 0 Å². The van der Waals surface area contributed by atoms with Crippen molar-refractivity contribution >= 4 is 17.7 Å². The number of carbonyl (C=O) groups excluding carboxylic acids is 1. The van der Waals surface area contributed by atoms with E-state index in [9.17, 15) is 9.18 Å². The van der Waals surface area contributed by atoms with Crippen molar-refractivity contribution in [1.82, 2.24) is 5.32 Å². The maximum absolute atomic E-state index is 13.4. The van der Waals surface area contributed by atoms with Crippen molar-refractivity contribution in [2.24, 2.45) is 0 Å². The molecule has 5 heteroatoms. The summed E-state index contributed by atoms with van der Waals surface area (Å²) in [5, 5.41) is 11.8. The summed E-state index contributed by atoms with van der Waals surface area (Å²) in [6.45, 7) is 1.83. The first-order chi connectivity index (χ1) is 8.58. The molecule has 0 saturated carbocycles. The van der Waals surface area contributed by atoms with Crippen molar-refractivity contribution in [2.45, 2.75) is 24.6 Å². The highest BCUT2D eigenvalue weighted by atomic mass is 32.2. The van der Waals surface area contributed by atoms with Crippen LogP contribution in [-0.2, 0) is 11.2 Å². The number of benzene rings is 1. The van der Waals surface area contributed by atoms with Gasteiger partial charge in [-0.3, -0.25) is 4.79 Å². The third-order valence-electron chi connectivity index (χ3n) is 2.74. The van der Waals surface area contributed by atoms with Crippen molar-refractivity contribution < 1.29 is 14.3 Å². The molecule has 2 unspecified atom stereocenters. The largest absolute Gasteiger partial charge is 0.395 e. The zero-order chi connectivity index (χ0) is 13.5. The minimum Gasteiger partial charge on any atom is -0.395 e. The number of hydrogen-bond acceptors (Lipinski definition) is 3. The highest BCUT2D eigenvalue weighted by Gasteiger charge is 2.17. The van der Waals surface area contributed by atoms with Gasteiger partial charge in [-0.25, -0.2) is 4.39 Å². The lowest BCUT2D eigenvalue weighted by molar-refractivity contribution is -0.121. The fraction of sp³-hybridized carbons (Fsp3) is 0.462. The standard InChI is InChI=1S/C13H18FNO2S/c1-9(12(8-16)18-2)15-13(17)7-10-5-3-4-6-11(10)14/h3-6,9,12,16H,7-8H2,1-2H3,(H,15,17). The number of aliphatic hydroxyl groups is 1. The van der Waals surface area contributed by atoms with Crippen molar-refractivity contribution in [2.75, 3.05) is 12.9 Å². The maximum Gasteiger partial charge on any atom is 0.224 e. The van der Waals surface area contributed by atoms with Crippen LogP contribution in [0.3, 0.4) is 0 Å². The molecule has 0 radical (unpaired) electrons. The molecule has 0 spiro atoms. The van der Waals surface area contributed by atoms with E-state index in [0.717, 1.165) is 0 Å². The van der Waals surface area contributed by atoms with Gasteiger partial charge >= 0.3 is 0 Å². The first-order valence-corrected chi connectivity index (χ1v) is 7.03. The van der Waals surface area contributed by atoms with Crippen molar-refractivity contribution in [3.8, 4) is 0 Å². The molecule has 0 aliphatic rings. The first kappa shape index (κ1) is 15.0. The Bertz CT molecular complexity index is 396. The molecule has 3 nitrogen and oxygen atoms in total. The molecule has 18 heavy (non-hydrogen) atoms. The molecule has 0 aliphatic heterocycles. The molecule has 0 heterocycles. The van der Waals surface area contributed by atoms with E-state index in [1.165, 1.54) is 17.8 Å². The second kappa shape index (κ2) is 7.38. The van der Waals surface area contributed by atoms with Crippen LogP contribution in [0.4, 0.5) is 4.39 Å². The molecule has 100 valence electrons. The Morgan fingerprint density at radius 3 is 2.72 bits per heavy atom. The van der Waals surface area contributed by atoms with Gasteiger partial charge in [0.2, 0.25) is 5.91 Å². The van der Waals surface area contributed by atoms with Gasteiger partial charge in [0.1, 0.15) is 5.82 Å².